The molecule has 0 bridgehead atoms. The molecule has 0 N–H and O–H groups in total. The first-order chi connectivity index (χ1) is 12.7. The average molecular weight is 373 g/mol. The first-order valence-electron chi connectivity index (χ1n) is 8.94. The van der Waals surface area contributed by atoms with Crippen molar-refractivity contribution in [3.63, 3.8) is 0 Å². The van der Waals surface area contributed by atoms with Crippen molar-refractivity contribution in [2.45, 2.75) is 31.5 Å². The molecule has 2 fully saturated rings. The number of aromatic nitrogens is 1. The van der Waals surface area contributed by atoms with Crippen molar-refractivity contribution in [3.8, 4) is 5.75 Å². The third-order valence-electron chi connectivity index (χ3n) is 5.07. The van der Waals surface area contributed by atoms with E-state index >= 15 is 0 Å². The van der Waals surface area contributed by atoms with Gasteiger partial charge in [-0.3, -0.25) is 4.90 Å². The number of amides is 1. The van der Waals surface area contributed by atoms with Crippen molar-refractivity contribution in [2.75, 3.05) is 26.7 Å². The molecule has 0 aliphatic carbocycles. The monoisotopic (exact) mass is 373 g/mol. The molecular weight excluding hydrogens is 350 g/mol. The number of hydrogen-bond donors (Lipinski definition) is 0. The van der Waals surface area contributed by atoms with Gasteiger partial charge in [0.2, 0.25) is 0 Å². The van der Waals surface area contributed by atoms with Crippen LogP contribution < -0.4 is 4.74 Å². The summed E-state index contributed by atoms with van der Waals surface area (Å²) in [5.74, 6) is 0.867. The third kappa shape index (κ3) is 3.68. The molecule has 0 saturated carbocycles. The van der Waals surface area contributed by atoms with Crippen molar-refractivity contribution in [2.24, 2.45) is 0 Å². The molecule has 2 atom stereocenters. The molecule has 2 aliphatic heterocycles. The Kier molecular flexibility index (Phi) is 5.08. The average Bonchev–Trinajstić information content (AvgIpc) is 3.35. The molecule has 3 heterocycles. The molecule has 0 unspecified atom stereocenters. The summed E-state index contributed by atoms with van der Waals surface area (Å²) in [7, 11) is 1.67. The van der Waals surface area contributed by atoms with Gasteiger partial charge < -0.3 is 14.4 Å². The Bertz CT molecular complexity index is 735. The number of hydrogen-bond acceptors (Lipinski definition) is 6. The van der Waals surface area contributed by atoms with Gasteiger partial charge in [-0.2, -0.15) is 0 Å². The van der Waals surface area contributed by atoms with Crippen LogP contribution >= 0.6 is 11.3 Å². The Balaban J connectivity index is 1.29. The molecule has 1 aromatic carbocycles. The second-order valence-electron chi connectivity index (χ2n) is 6.75. The van der Waals surface area contributed by atoms with Crippen LogP contribution in [0.4, 0.5) is 4.79 Å². The smallest absolute Gasteiger partial charge is 0.410 e. The number of benzene rings is 1. The van der Waals surface area contributed by atoms with Gasteiger partial charge in [-0.05, 0) is 30.5 Å². The number of ether oxygens (including phenoxy) is 2. The van der Waals surface area contributed by atoms with E-state index in [-0.39, 0.29) is 18.2 Å². The second-order valence-corrected chi connectivity index (χ2v) is 7.73. The molecule has 1 aromatic heterocycles. The standard InChI is InChI=1S/C19H23N3O3S/c1-24-15-6-4-14(5-7-15)3-2-9-22-16-11-21(12-17(16)25-19(22)23)13-18-20-8-10-26-18/h4-8,10,16-17H,2-3,9,11-13H2,1H3/t16-,17+/m0/s1. The van der Waals surface area contributed by atoms with E-state index < -0.39 is 0 Å². The van der Waals surface area contributed by atoms with Gasteiger partial charge in [0.05, 0.1) is 19.7 Å². The first-order valence-corrected chi connectivity index (χ1v) is 9.82. The zero-order chi connectivity index (χ0) is 17.9. The van der Waals surface area contributed by atoms with Gasteiger partial charge in [0.1, 0.15) is 16.9 Å². The summed E-state index contributed by atoms with van der Waals surface area (Å²) in [6.45, 7) is 3.22. The highest BCUT2D eigenvalue weighted by Crippen LogP contribution is 2.28. The van der Waals surface area contributed by atoms with Crippen LogP contribution in [0.5, 0.6) is 5.75 Å². The topological polar surface area (TPSA) is 54.9 Å². The predicted octanol–water partition coefficient (Wildman–Crippen LogP) is 2.79. The van der Waals surface area contributed by atoms with E-state index in [0.29, 0.717) is 0 Å². The van der Waals surface area contributed by atoms with Gasteiger partial charge in [-0.1, -0.05) is 12.1 Å². The molecule has 2 aliphatic rings. The van der Waals surface area contributed by atoms with E-state index in [0.717, 1.165) is 49.8 Å². The van der Waals surface area contributed by atoms with Crippen molar-refractivity contribution in [1.82, 2.24) is 14.8 Å². The summed E-state index contributed by atoms with van der Waals surface area (Å²) in [6.07, 6.45) is 3.53. The third-order valence-corrected chi connectivity index (χ3v) is 5.83. The quantitative estimate of drug-likeness (QED) is 0.747. The number of nitrogens with zero attached hydrogens (tertiary/aromatic N) is 3. The molecule has 2 saturated heterocycles. The van der Waals surface area contributed by atoms with E-state index in [1.165, 1.54) is 5.56 Å². The molecule has 0 radical (unpaired) electrons. The SMILES string of the molecule is COc1ccc(CCCN2C(=O)O[C@@H]3CN(Cc4nccs4)C[C@@H]32)cc1. The molecule has 7 heteroatoms. The molecule has 1 amide bonds. The zero-order valence-electron chi connectivity index (χ0n) is 14.8. The fourth-order valence-electron chi connectivity index (χ4n) is 3.73. The minimum Gasteiger partial charge on any atom is -0.497 e. The van der Waals surface area contributed by atoms with Gasteiger partial charge in [0, 0.05) is 31.2 Å². The Labute approximate surface area is 157 Å². The molecule has 0 spiro atoms. The summed E-state index contributed by atoms with van der Waals surface area (Å²) in [4.78, 5) is 20.8. The van der Waals surface area contributed by atoms with Crippen LogP contribution in [0.2, 0.25) is 0 Å². The predicted molar refractivity (Wildman–Crippen MR) is 99.5 cm³/mol. The first kappa shape index (κ1) is 17.3. The Morgan fingerprint density at radius 3 is 2.88 bits per heavy atom. The molecule has 4 rings (SSSR count). The van der Waals surface area contributed by atoms with Gasteiger partial charge in [-0.15, -0.1) is 11.3 Å². The maximum Gasteiger partial charge on any atom is 0.410 e. The number of methoxy groups -OCH3 is 1. The highest BCUT2D eigenvalue weighted by atomic mass is 32.1. The van der Waals surface area contributed by atoms with E-state index in [1.807, 2.05) is 28.6 Å². The number of thiazole rings is 1. The van der Waals surface area contributed by atoms with Crippen molar-refractivity contribution in [3.05, 3.63) is 46.4 Å². The molecule has 26 heavy (non-hydrogen) atoms. The number of carbonyl (C=O) groups is 1. The summed E-state index contributed by atoms with van der Waals surface area (Å²) in [5, 5.41) is 3.11. The van der Waals surface area contributed by atoms with Crippen LogP contribution in [0.15, 0.2) is 35.8 Å². The largest absolute Gasteiger partial charge is 0.497 e. The summed E-state index contributed by atoms with van der Waals surface area (Å²) >= 11 is 1.67. The van der Waals surface area contributed by atoms with Crippen molar-refractivity contribution >= 4 is 17.4 Å². The lowest BCUT2D eigenvalue weighted by Gasteiger charge is -2.22. The highest BCUT2D eigenvalue weighted by Gasteiger charge is 2.47. The molecular formula is C19H23N3O3S. The lowest BCUT2D eigenvalue weighted by molar-refractivity contribution is 0.120. The van der Waals surface area contributed by atoms with Gasteiger partial charge in [0.15, 0.2) is 0 Å². The number of fused-ring (bicyclic) bond motifs is 1. The van der Waals surface area contributed by atoms with Crippen molar-refractivity contribution in [1.29, 1.82) is 0 Å². The van der Waals surface area contributed by atoms with Gasteiger partial charge in [0.25, 0.3) is 0 Å². The van der Waals surface area contributed by atoms with E-state index in [1.54, 1.807) is 18.4 Å². The Morgan fingerprint density at radius 2 is 2.15 bits per heavy atom. The number of rotatable bonds is 7. The number of aryl methyl sites for hydroxylation is 1. The maximum atomic E-state index is 12.2. The van der Waals surface area contributed by atoms with E-state index in [4.69, 9.17) is 9.47 Å². The fraction of sp³-hybridized carbons (Fsp3) is 0.474. The van der Waals surface area contributed by atoms with Crippen LogP contribution in [0.1, 0.15) is 17.0 Å². The number of carbonyl (C=O) groups excluding carboxylic acids is 1. The van der Waals surface area contributed by atoms with Gasteiger partial charge in [-0.25, -0.2) is 9.78 Å². The van der Waals surface area contributed by atoms with Crippen LogP contribution in [0.25, 0.3) is 0 Å². The summed E-state index contributed by atoms with van der Waals surface area (Å²) in [5.41, 5.74) is 1.26. The van der Waals surface area contributed by atoms with Gasteiger partial charge >= 0.3 is 6.09 Å². The highest BCUT2D eigenvalue weighted by molar-refractivity contribution is 7.09. The normalized spacial score (nSPS) is 22.5. The van der Waals surface area contributed by atoms with Crippen LogP contribution in [-0.2, 0) is 17.7 Å². The van der Waals surface area contributed by atoms with E-state index in [9.17, 15) is 4.79 Å². The zero-order valence-corrected chi connectivity index (χ0v) is 15.7. The molecule has 2 aromatic rings. The Hall–Kier alpha value is -2.12. The van der Waals surface area contributed by atoms with Crippen LogP contribution in [0, 0.1) is 0 Å². The van der Waals surface area contributed by atoms with Crippen LogP contribution in [0.3, 0.4) is 0 Å². The molecule has 6 nitrogen and oxygen atoms in total. The maximum absolute atomic E-state index is 12.2. The fourth-order valence-corrected chi connectivity index (χ4v) is 4.39. The summed E-state index contributed by atoms with van der Waals surface area (Å²) < 4.78 is 10.8. The second kappa shape index (κ2) is 7.63. The lowest BCUT2D eigenvalue weighted by Crippen LogP contribution is -2.38. The minimum absolute atomic E-state index is 0.0107. The molecule has 138 valence electrons. The Morgan fingerprint density at radius 1 is 1.31 bits per heavy atom. The minimum atomic E-state index is -0.163. The van der Waals surface area contributed by atoms with Crippen LogP contribution in [-0.4, -0.2) is 59.8 Å². The number of likely N-dealkylation sites (tertiary alicyclic amines) is 1. The van der Waals surface area contributed by atoms with Crippen molar-refractivity contribution < 1.29 is 14.3 Å². The van der Waals surface area contributed by atoms with E-state index in [2.05, 4.69) is 22.0 Å². The lowest BCUT2D eigenvalue weighted by atomic mass is 10.1. The summed E-state index contributed by atoms with van der Waals surface area (Å²) in [6, 6.07) is 8.27.